The number of allylic oxidation sites excluding steroid dienone is 6. The van der Waals surface area contributed by atoms with Gasteiger partial charge in [0.15, 0.2) is 11.6 Å². The van der Waals surface area contributed by atoms with Crippen LogP contribution in [0.3, 0.4) is 0 Å². The van der Waals surface area contributed by atoms with Crippen molar-refractivity contribution in [3.8, 4) is 0 Å². The first-order valence-electron chi connectivity index (χ1n) is 10.2. The zero-order valence-corrected chi connectivity index (χ0v) is 16.7. The molecule has 2 unspecified atom stereocenters. The highest BCUT2D eigenvalue weighted by atomic mass is 16.3. The van der Waals surface area contributed by atoms with Crippen LogP contribution in [0, 0.1) is 23.2 Å². The molecular formula is C23H32O4. The van der Waals surface area contributed by atoms with E-state index >= 15 is 0 Å². The summed E-state index contributed by atoms with van der Waals surface area (Å²) in [5.74, 6) is 0.0542. The quantitative estimate of drug-likeness (QED) is 0.572. The van der Waals surface area contributed by atoms with Gasteiger partial charge < -0.3 is 10.2 Å². The number of carbonyl (C=O) groups is 2. The highest BCUT2D eigenvalue weighted by Gasteiger charge is 2.65. The fraction of sp³-hybridized carbons (Fsp3) is 0.652. The summed E-state index contributed by atoms with van der Waals surface area (Å²) < 4.78 is 0. The average Bonchev–Trinajstić information content (AvgIpc) is 2.87. The minimum absolute atomic E-state index is 0.0592. The van der Waals surface area contributed by atoms with Crippen LogP contribution in [-0.2, 0) is 9.59 Å². The van der Waals surface area contributed by atoms with Gasteiger partial charge in [0, 0.05) is 5.41 Å². The summed E-state index contributed by atoms with van der Waals surface area (Å²) in [5.41, 5.74) is 0.557. The van der Waals surface area contributed by atoms with Crippen LogP contribution in [-0.4, -0.2) is 34.0 Å². The standard InChI is InChI=1S/C23H32O4/c1-4-5-6-18(25)13-16-7-8-19-17(12-16)9-10-22(3)20(19)11-15(2)23(22,27)21(26)14-24/h5-6,9,13,15,19-20,24,27H,4,7-8,10-12,14H2,1-3H3/b6-5-,16-13-/t15-,19?,20?,22+,23+/m1/s1. The van der Waals surface area contributed by atoms with Gasteiger partial charge in [-0.25, -0.2) is 0 Å². The maximum Gasteiger partial charge on any atom is 0.190 e. The van der Waals surface area contributed by atoms with Gasteiger partial charge in [-0.15, -0.1) is 0 Å². The predicted octanol–water partition coefficient (Wildman–Crippen LogP) is 3.53. The van der Waals surface area contributed by atoms with Gasteiger partial charge in [-0.2, -0.15) is 0 Å². The van der Waals surface area contributed by atoms with Gasteiger partial charge in [0.05, 0.1) is 0 Å². The first-order valence-corrected chi connectivity index (χ1v) is 10.2. The molecule has 27 heavy (non-hydrogen) atoms. The van der Waals surface area contributed by atoms with Crippen LogP contribution in [0.4, 0.5) is 0 Å². The van der Waals surface area contributed by atoms with Crippen molar-refractivity contribution in [2.24, 2.45) is 23.2 Å². The molecule has 3 rings (SSSR count). The van der Waals surface area contributed by atoms with E-state index in [1.807, 2.05) is 26.8 Å². The Hall–Kier alpha value is -1.52. The van der Waals surface area contributed by atoms with Gasteiger partial charge in [-0.05, 0) is 68.4 Å². The molecule has 2 saturated carbocycles. The number of carbonyl (C=O) groups excluding carboxylic acids is 2. The molecular weight excluding hydrogens is 340 g/mol. The largest absolute Gasteiger partial charge is 0.388 e. The Morgan fingerprint density at radius 2 is 2.11 bits per heavy atom. The van der Waals surface area contributed by atoms with E-state index in [4.69, 9.17) is 0 Å². The zero-order valence-electron chi connectivity index (χ0n) is 16.7. The number of hydrogen-bond donors (Lipinski definition) is 2. The van der Waals surface area contributed by atoms with Crippen LogP contribution in [0.25, 0.3) is 0 Å². The van der Waals surface area contributed by atoms with E-state index in [1.165, 1.54) is 11.1 Å². The molecule has 0 aromatic heterocycles. The van der Waals surface area contributed by atoms with E-state index in [9.17, 15) is 19.8 Å². The second kappa shape index (κ2) is 7.48. The summed E-state index contributed by atoms with van der Waals surface area (Å²) in [6.07, 6.45) is 12.5. The summed E-state index contributed by atoms with van der Waals surface area (Å²) in [6, 6.07) is 0. The van der Waals surface area contributed by atoms with Gasteiger partial charge in [-0.1, -0.05) is 44.1 Å². The monoisotopic (exact) mass is 372 g/mol. The Bertz CT molecular complexity index is 716. The number of aliphatic hydroxyl groups is 2. The molecule has 2 N–H and O–H groups in total. The molecule has 0 aliphatic heterocycles. The first-order chi connectivity index (χ1) is 12.8. The molecule has 0 aromatic carbocycles. The molecule has 0 spiro atoms. The molecule has 5 atom stereocenters. The maximum atomic E-state index is 12.5. The summed E-state index contributed by atoms with van der Waals surface area (Å²) in [4.78, 5) is 24.5. The molecule has 148 valence electrons. The van der Waals surface area contributed by atoms with Crippen molar-refractivity contribution in [3.63, 3.8) is 0 Å². The normalized spacial score (nSPS) is 40.0. The van der Waals surface area contributed by atoms with Crippen molar-refractivity contribution in [1.82, 2.24) is 0 Å². The highest BCUT2D eigenvalue weighted by Crippen LogP contribution is 2.63. The fourth-order valence-electron chi connectivity index (χ4n) is 5.93. The van der Waals surface area contributed by atoms with Crippen molar-refractivity contribution in [3.05, 3.63) is 35.5 Å². The molecule has 0 amide bonds. The van der Waals surface area contributed by atoms with E-state index in [0.717, 1.165) is 32.1 Å². The number of hydrogen-bond acceptors (Lipinski definition) is 4. The Kier molecular flexibility index (Phi) is 5.60. The first kappa shape index (κ1) is 20.2. The molecule has 4 heteroatoms. The second-order valence-corrected chi connectivity index (χ2v) is 8.83. The SMILES string of the molecule is CC/C=C\C(=O)/C=C1/CCC2C(=CC[C@@]3(C)C2C[C@@H](C)[C@]3(O)C(=O)CO)C1. The maximum absolute atomic E-state index is 12.5. The molecule has 0 aromatic rings. The number of aliphatic hydroxyl groups excluding tert-OH is 1. The smallest absolute Gasteiger partial charge is 0.190 e. The van der Waals surface area contributed by atoms with Crippen LogP contribution in [0.15, 0.2) is 35.5 Å². The van der Waals surface area contributed by atoms with Gasteiger partial charge in [0.1, 0.15) is 12.2 Å². The van der Waals surface area contributed by atoms with Crippen LogP contribution < -0.4 is 0 Å². The van der Waals surface area contributed by atoms with Gasteiger partial charge in [-0.3, -0.25) is 9.59 Å². The third-order valence-corrected chi connectivity index (χ3v) is 7.40. The van der Waals surface area contributed by atoms with Crippen molar-refractivity contribution < 1.29 is 19.8 Å². The lowest BCUT2D eigenvalue weighted by Crippen LogP contribution is -2.56. The Morgan fingerprint density at radius 3 is 2.78 bits per heavy atom. The van der Waals surface area contributed by atoms with Gasteiger partial charge in [0.2, 0.25) is 0 Å². The summed E-state index contributed by atoms with van der Waals surface area (Å²) in [6.45, 7) is 5.36. The second-order valence-electron chi connectivity index (χ2n) is 8.83. The minimum Gasteiger partial charge on any atom is -0.388 e. The molecule has 0 bridgehead atoms. The highest BCUT2D eigenvalue weighted by molar-refractivity contribution is 5.99. The number of Topliss-reactive ketones (excluding diaryl/α,β-unsaturated/α-hetero) is 1. The van der Waals surface area contributed by atoms with E-state index in [2.05, 4.69) is 6.08 Å². The summed E-state index contributed by atoms with van der Waals surface area (Å²) >= 11 is 0. The average molecular weight is 373 g/mol. The van der Waals surface area contributed by atoms with Crippen molar-refractivity contribution in [1.29, 1.82) is 0 Å². The van der Waals surface area contributed by atoms with E-state index in [1.54, 1.807) is 12.2 Å². The molecule has 0 saturated heterocycles. The van der Waals surface area contributed by atoms with Crippen LogP contribution in [0.2, 0.25) is 0 Å². The van der Waals surface area contributed by atoms with Crippen molar-refractivity contribution in [2.45, 2.75) is 64.9 Å². The van der Waals surface area contributed by atoms with Gasteiger partial charge >= 0.3 is 0 Å². The molecule has 2 fully saturated rings. The number of ketones is 2. The molecule has 3 aliphatic rings. The topological polar surface area (TPSA) is 74.6 Å². The Morgan fingerprint density at radius 1 is 1.37 bits per heavy atom. The van der Waals surface area contributed by atoms with Crippen molar-refractivity contribution >= 4 is 11.6 Å². The molecule has 0 heterocycles. The van der Waals surface area contributed by atoms with Gasteiger partial charge in [0.25, 0.3) is 0 Å². The van der Waals surface area contributed by atoms with Crippen molar-refractivity contribution in [2.75, 3.05) is 6.61 Å². The number of rotatable bonds is 5. The molecule has 0 radical (unpaired) electrons. The predicted molar refractivity (Wildman–Crippen MR) is 105 cm³/mol. The van der Waals surface area contributed by atoms with E-state index < -0.39 is 23.4 Å². The van der Waals surface area contributed by atoms with E-state index in [0.29, 0.717) is 12.3 Å². The summed E-state index contributed by atoms with van der Waals surface area (Å²) in [5, 5.41) is 20.7. The summed E-state index contributed by atoms with van der Waals surface area (Å²) in [7, 11) is 0. The Balaban J connectivity index is 1.85. The van der Waals surface area contributed by atoms with E-state index in [-0.39, 0.29) is 17.6 Å². The fourth-order valence-corrected chi connectivity index (χ4v) is 5.93. The molecule has 3 aliphatic carbocycles. The zero-order chi connectivity index (χ0) is 19.8. The van der Waals surface area contributed by atoms with Crippen LogP contribution in [0.1, 0.15) is 59.3 Å². The lowest BCUT2D eigenvalue weighted by molar-refractivity contribution is -0.161. The molecule has 4 nitrogen and oxygen atoms in total. The number of fused-ring (bicyclic) bond motifs is 3. The minimum atomic E-state index is -1.45. The third kappa shape index (κ3) is 3.17. The van der Waals surface area contributed by atoms with Crippen LogP contribution in [0.5, 0.6) is 0 Å². The lowest BCUT2D eigenvalue weighted by Gasteiger charge is -2.49. The van der Waals surface area contributed by atoms with Crippen LogP contribution >= 0.6 is 0 Å². The Labute approximate surface area is 162 Å². The lowest BCUT2D eigenvalue weighted by atomic mass is 9.56. The third-order valence-electron chi connectivity index (χ3n) is 7.40.